The molecule has 194 valence electrons. The summed E-state index contributed by atoms with van der Waals surface area (Å²) in [5.41, 5.74) is 6.01. The van der Waals surface area contributed by atoms with E-state index in [4.69, 9.17) is 5.73 Å². The van der Waals surface area contributed by atoms with Crippen LogP contribution in [-0.4, -0.2) is 74.6 Å². The molecule has 0 saturated heterocycles. The average molecular weight is 507 g/mol. The van der Waals surface area contributed by atoms with Crippen LogP contribution in [0.4, 0.5) is 0 Å². The molecule has 6 N–H and O–H groups in total. The van der Waals surface area contributed by atoms with Gasteiger partial charge in [0.25, 0.3) is 0 Å². The molecular weight excluding hydrogens is 476 g/mol. The van der Waals surface area contributed by atoms with Gasteiger partial charge in [-0.15, -0.1) is 0 Å². The number of phenolic OH excluding ortho intramolecular Hbond substituents is 1. The number of phenols is 1. The van der Waals surface area contributed by atoms with Crippen molar-refractivity contribution in [1.29, 1.82) is 0 Å². The molecule has 5 rings (SSSR count). The second-order valence-electron chi connectivity index (χ2n) is 10.6. The molecule has 9 heteroatoms. The van der Waals surface area contributed by atoms with E-state index < -0.39 is 58.7 Å². The molecule has 2 aromatic rings. The van der Waals surface area contributed by atoms with Gasteiger partial charge in [-0.25, -0.2) is 0 Å². The van der Waals surface area contributed by atoms with Gasteiger partial charge >= 0.3 is 0 Å². The second-order valence-corrected chi connectivity index (χ2v) is 10.6. The summed E-state index contributed by atoms with van der Waals surface area (Å²) in [7, 11) is 3.25. The Labute approximate surface area is 213 Å². The second kappa shape index (κ2) is 8.51. The van der Waals surface area contributed by atoms with E-state index in [0.717, 1.165) is 16.7 Å². The number of hydrogen-bond donors (Lipinski definition) is 5. The Morgan fingerprint density at radius 2 is 1.84 bits per heavy atom. The van der Waals surface area contributed by atoms with Gasteiger partial charge in [-0.1, -0.05) is 35.9 Å². The monoisotopic (exact) mass is 506 g/mol. The number of nitrogens with zero attached hydrogens (tertiary/aromatic N) is 1. The molecule has 2 fully saturated rings. The van der Waals surface area contributed by atoms with Crippen LogP contribution >= 0.6 is 0 Å². The van der Waals surface area contributed by atoms with Gasteiger partial charge in [-0.3, -0.25) is 14.4 Å². The normalized spacial score (nSPS) is 31.1. The molecule has 0 radical (unpaired) electrons. The molecule has 0 spiro atoms. The first-order valence-electron chi connectivity index (χ1n) is 12.2. The number of aromatic hydroxyl groups is 1. The first-order chi connectivity index (χ1) is 17.4. The van der Waals surface area contributed by atoms with Crippen molar-refractivity contribution < 1.29 is 34.8 Å². The first kappa shape index (κ1) is 25.1. The molecule has 0 heterocycles. The molecule has 9 nitrogen and oxygen atoms in total. The van der Waals surface area contributed by atoms with Crippen molar-refractivity contribution in [2.45, 2.75) is 37.5 Å². The number of primary amides is 1. The summed E-state index contributed by atoms with van der Waals surface area (Å²) in [5, 5.41) is 44.7. The number of fused-ring (bicyclic) bond motifs is 3. The number of amides is 1. The third-order valence-electron chi connectivity index (χ3n) is 8.30. The van der Waals surface area contributed by atoms with Crippen LogP contribution in [0, 0.1) is 24.7 Å². The number of aryl methyl sites for hydroxylation is 1. The summed E-state index contributed by atoms with van der Waals surface area (Å²) in [6.07, 6.45) is -1.17. The van der Waals surface area contributed by atoms with E-state index >= 15 is 0 Å². The molecular formula is C28H30N2O7. The van der Waals surface area contributed by atoms with Crippen molar-refractivity contribution in [3.63, 3.8) is 0 Å². The number of hydrogen-bond acceptors (Lipinski definition) is 8. The van der Waals surface area contributed by atoms with Crippen molar-refractivity contribution >= 4 is 23.2 Å². The lowest BCUT2D eigenvalue weighted by Crippen LogP contribution is -2.73. The zero-order chi connectivity index (χ0) is 27.0. The molecule has 0 bridgehead atoms. The molecule has 3 unspecified atom stereocenters. The van der Waals surface area contributed by atoms with Crippen molar-refractivity contribution in [2.75, 3.05) is 14.1 Å². The van der Waals surface area contributed by atoms with Crippen LogP contribution in [0.1, 0.15) is 23.1 Å². The highest BCUT2D eigenvalue weighted by molar-refractivity contribution is 6.25. The highest BCUT2D eigenvalue weighted by Gasteiger charge is 2.67. The van der Waals surface area contributed by atoms with Crippen molar-refractivity contribution in [1.82, 2.24) is 4.90 Å². The number of likely N-dealkylation sites (N-methyl/N-ethyl adjacent to an activating group) is 1. The number of carbonyl (C=O) groups excluding carboxylic acids is 3. The van der Waals surface area contributed by atoms with Crippen LogP contribution in [0.25, 0.3) is 16.9 Å². The maximum Gasteiger partial charge on any atom is 0.230 e. The van der Waals surface area contributed by atoms with Gasteiger partial charge in [0.05, 0.1) is 11.7 Å². The van der Waals surface area contributed by atoms with Crippen LogP contribution in [0.5, 0.6) is 5.75 Å². The van der Waals surface area contributed by atoms with E-state index in [1.54, 1.807) is 25.1 Å². The van der Waals surface area contributed by atoms with E-state index in [1.807, 2.05) is 31.2 Å². The van der Waals surface area contributed by atoms with Gasteiger partial charge in [-0.2, -0.15) is 0 Å². The zero-order valence-corrected chi connectivity index (χ0v) is 20.8. The summed E-state index contributed by atoms with van der Waals surface area (Å²) in [4.78, 5) is 40.9. The lowest BCUT2D eigenvalue weighted by atomic mass is 9.54. The smallest absolute Gasteiger partial charge is 0.230 e. The van der Waals surface area contributed by atoms with Crippen LogP contribution in [-0.2, 0) is 20.8 Å². The summed E-state index contributed by atoms with van der Waals surface area (Å²) in [6, 6.07) is 10.0. The van der Waals surface area contributed by atoms with E-state index in [-0.39, 0.29) is 29.7 Å². The minimum atomic E-state index is -2.66. The molecule has 0 aliphatic heterocycles. The molecule has 2 saturated carbocycles. The van der Waals surface area contributed by atoms with Gasteiger partial charge in [0.2, 0.25) is 11.7 Å². The lowest BCUT2D eigenvalue weighted by molar-refractivity contribution is -0.184. The Morgan fingerprint density at radius 3 is 2.46 bits per heavy atom. The molecule has 37 heavy (non-hydrogen) atoms. The topological polar surface area (TPSA) is 161 Å². The van der Waals surface area contributed by atoms with Crippen molar-refractivity contribution in [2.24, 2.45) is 23.5 Å². The third-order valence-corrected chi connectivity index (χ3v) is 8.30. The highest BCUT2D eigenvalue weighted by atomic mass is 16.3. The van der Waals surface area contributed by atoms with E-state index in [9.17, 15) is 34.8 Å². The molecule has 0 aromatic heterocycles. The number of ketones is 2. The molecule has 6 atom stereocenters. The van der Waals surface area contributed by atoms with Crippen molar-refractivity contribution in [3.8, 4) is 16.9 Å². The van der Waals surface area contributed by atoms with Crippen LogP contribution < -0.4 is 5.73 Å². The van der Waals surface area contributed by atoms with Gasteiger partial charge in [-0.05, 0) is 62.5 Å². The summed E-state index contributed by atoms with van der Waals surface area (Å²) >= 11 is 0. The number of nitrogens with two attached hydrogens (primary N) is 1. The minimum Gasteiger partial charge on any atom is -0.507 e. The van der Waals surface area contributed by atoms with Crippen LogP contribution in [0.15, 0.2) is 42.0 Å². The van der Waals surface area contributed by atoms with Gasteiger partial charge in [0, 0.05) is 17.5 Å². The highest BCUT2D eigenvalue weighted by Crippen LogP contribution is 2.53. The fourth-order valence-electron chi connectivity index (χ4n) is 6.69. The van der Waals surface area contributed by atoms with Crippen molar-refractivity contribution in [3.05, 3.63) is 58.7 Å². The lowest BCUT2D eigenvalue weighted by Gasteiger charge is -2.53. The first-order valence-corrected chi connectivity index (χ1v) is 12.2. The molecule has 1 amide bonds. The van der Waals surface area contributed by atoms with Gasteiger partial charge in [0.1, 0.15) is 17.4 Å². The predicted octanol–water partition coefficient (Wildman–Crippen LogP) is 1.10. The minimum absolute atomic E-state index is 0.0829. The van der Waals surface area contributed by atoms with E-state index in [1.165, 1.54) is 6.07 Å². The number of aliphatic hydroxyl groups excluding tert-OH is 2. The zero-order valence-electron chi connectivity index (χ0n) is 20.8. The SMILES string of the molecule is Cc1cccc(-c2ccc(O)c3c2C[C@@H]2C[C@@H]4C(N(C)C)C(O)C(C(N)=O)C(=O)[C@]4(O)C(=O)C2=C3O)c1. The molecule has 2 aromatic carbocycles. The Hall–Kier alpha value is -3.53. The average Bonchev–Trinajstić information content (AvgIpc) is 2.81. The predicted molar refractivity (Wildman–Crippen MR) is 134 cm³/mol. The fourth-order valence-corrected chi connectivity index (χ4v) is 6.69. The summed E-state index contributed by atoms with van der Waals surface area (Å²) in [5.74, 6) is -7.48. The quantitative estimate of drug-likeness (QED) is 0.387. The van der Waals surface area contributed by atoms with E-state index in [2.05, 4.69) is 0 Å². The summed E-state index contributed by atoms with van der Waals surface area (Å²) < 4.78 is 0. The number of rotatable bonds is 3. The Bertz CT molecular complexity index is 1380. The third kappa shape index (κ3) is 3.45. The van der Waals surface area contributed by atoms with Gasteiger partial charge in [0.15, 0.2) is 11.4 Å². The molecule has 3 aliphatic rings. The number of carbonyl (C=O) groups is 3. The Kier molecular flexibility index (Phi) is 5.78. The van der Waals surface area contributed by atoms with Crippen LogP contribution in [0.3, 0.4) is 0 Å². The number of Topliss-reactive ketones (excluding diaryl/α,β-unsaturated/α-hetero) is 2. The Morgan fingerprint density at radius 1 is 1.14 bits per heavy atom. The largest absolute Gasteiger partial charge is 0.507 e. The number of aliphatic hydroxyl groups is 3. The molecule has 3 aliphatic carbocycles. The van der Waals surface area contributed by atoms with Crippen LogP contribution in [0.2, 0.25) is 0 Å². The standard InChI is InChI=1S/C28H30N2O7/c1-12-5-4-6-13(9-12)15-7-8-18(31)20-16(15)10-14-11-17-22(30(2)3)24(33)21(27(29)36)26(35)28(17,37)25(34)19(14)23(20)32/h4-9,14,17,21-22,24,31-33,37H,10-11H2,1-3H3,(H2,29,36)/t14-,17-,21?,22?,24?,28-/m1/s1. The fraction of sp³-hybridized carbons (Fsp3) is 0.393. The maximum absolute atomic E-state index is 13.9. The van der Waals surface area contributed by atoms with E-state index in [0.29, 0.717) is 5.56 Å². The summed E-state index contributed by atoms with van der Waals surface area (Å²) in [6.45, 7) is 1.96. The Balaban J connectivity index is 1.71. The van der Waals surface area contributed by atoms with Gasteiger partial charge < -0.3 is 31.1 Å². The maximum atomic E-state index is 13.9. The number of benzene rings is 2.